The summed E-state index contributed by atoms with van der Waals surface area (Å²) in [5.41, 5.74) is 1.42. The van der Waals surface area contributed by atoms with Crippen LogP contribution in [0.25, 0.3) is 0 Å². The van der Waals surface area contributed by atoms with Crippen LogP contribution < -0.4 is 15.5 Å². The molecule has 156 valence electrons. The number of fused-ring (bicyclic) bond motifs is 1. The SMILES string of the molecule is O=C(C[NH+]1CCc2sccc2[C@@H]1C1CC1)NC(=O)NC12CC3CC(CC(C3)C1)C2. The molecule has 5 fully saturated rings. The highest BCUT2D eigenvalue weighted by molar-refractivity contribution is 7.10. The monoisotopic (exact) mass is 414 g/mol. The van der Waals surface area contributed by atoms with Gasteiger partial charge < -0.3 is 10.2 Å². The van der Waals surface area contributed by atoms with Crippen molar-refractivity contribution in [1.29, 1.82) is 0 Å². The van der Waals surface area contributed by atoms with Crippen LogP contribution in [0.15, 0.2) is 11.4 Å². The Bertz CT molecular complexity index is 795. The van der Waals surface area contributed by atoms with Gasteiger partial charge in [-0.1, -0.05) is 0 Å². The van der Waals surface area contributed by atoms with Crippen molar-refractivity contribution >= 4 is 23.3 Å². The van der Waals surface area contributed by atoms with E-state index in [1.54, 1.807) is 0 Å². The van der Waals surface area contributed by atoms with Crippen LogP contribution in [0.2, 0.25) is 0 Å². The zero-order valence-electron chi connectivity index (χ0n) is 17.0. The van der Waals surface area contributed by atoms with E-state index in [2.05, 4.69) is 22.1 Å². The Morgan fingerprint density at radius 1 is 1.10 bits per heavy atom. The first-order valence-electron chi connectivity index (χ1n) is 11.6. The van der Waals surface area contributed by atoms with E-state index < -0.39 is 0 Å². The summed E-state index contributed by atoms with van der Waals surface area (Å²) in [5, 5.41) is 8.16. The number of thiophene rings is 1. The van der Waals surface area contributed by atoms with E-state index in [0.29, 0.717) is 18.5 Å². The van der Waals surface area contributed by atoms with Crippen molar-refractivity contribution in [2.45, 2.75) is 69.4 Å². The Balaban J connectivity index is 1.08. The summed E-state index contributed by atoms with van der Waals surface area (Å²) in [7, 11) is 0. The largest absolute Gasteiger partial charge is 0.332 e. The van der Waals surface area contributed by atoms with Crippen LogP contribution in [0.4, 0.5) is 4.79 Å². The number of rotatable bonds is 4. The maximum absolute atomic E-state index is 12.8. The van der Waals surface area contributed by atoms with E-state index in [1.165, 1.54) is 47.4 Å². The molecule has 0 spiro atoms. The van der Waals surface area contributed by atoms with Gasteiger partial charge in [0.05, 0.1) is 6.54 Å². The maximum Gasteiger partial charge on any atom is 0.322 e. The smallest absolute Gasteiger partial charge is 0.322 e. The Hall–Kier alpha value is -1.40. The van der Waals surface area contributed by atoms with Gasteiger partial charge in [0.25, 0.3) is 5.91 Å². The molecule has 3 amide bonds. The minimum Gasteiger partial charge on any atom is -0.332 e. The molecule has 2 heterocycles. The molecule has 1 aromatic rings. The minimum absolute atomic E-state index is 0.0424. The standard InChI is InChI=1S/C23H31N3O2S/c27-20(13-26-5-3-19-18(4-6-29-19)21(26)17-1-2-17)24-22(28)25-23-10-14-7-15(11-23)9-16(8-14)12-23/h4,6,14-17,21H,1-3,5,7-13H2,(H2,24,25,27,28)/p+1/t14?,15?,16?,21-,23?/m0/s1. The first kappa shape index (κ1) is 18.4. The van der Waals surface area contributed by atoms with Crippen LogP contribution in [0.1, 0.15) is 67.8 Å². The third kappa shape index (κ3) is 3.42. The van der Waals surface area contributed by atoms with Gasteiger partial charge in [-0.05, 0) is 80.6 Å². The fourth-order valence-corrected chi connectivity index (χ4v) is 8.54. The van der Waals surface area contributed by atoms with E-state index >= 15 is 0 Å². The summed E-state index contributed by atoms with van der Waals surface area (Å²) in [5.74, 6) is 2.95. The van der Waals surface area contributed by atoms with E-state index in [1.807, 2.05) is 11.3 Å². The number of hydrogen-bond donors (Lipinski definition) is 3. The van der Waals surface area contributed by atoms with Gasteiger partial charge in [0.2, 0.25) is 0 Å². The number of nitrogens with one attached hydrogen (secondary N) is 3. The Kier molecular flexibility index (Phi) is 4.31. The van der Waals surface area contributed by atoms with Gasteiger partial charge in [-0.3, -0.25) is 10.1 Å². The second-order valence-corrected chi connectivity index (χ2v) is 11.7. The molecule has 5 aliphatic carbocycles. The number of carbonyl (C=O) groups excluding carboxylic acids is 2. The fourth-order valence-electron chi connectivity index (χ4n) is 7.61. The summed E-state index contributed by atoms with van der Waals surface area (Å²) in [4.78, 5) is 28.3. The zero-order valence-corrected chi connectivity index (χ0v) is 17.9. The topological polar surface area (TPSA) is 62.6 Å². The van der Waals surface area contributed by atoms with Crippen molar-refractivity contribution in [1.82, 2.24) is 10.6 Å². The number of amides is 3. The molecule has 2 atom stereocenters. The van der Waals surface area contributed by atoms with Crippen LogP contribution >= 0.6 is 11.3 Å². The highest BCUT2D eigenvalue weighted by Gasteiger charge is 2.51. The molecular formula is C23H32N3O2S+. The molecule has 5 saturated carbocycles. The first-order chi connectivity index (χ1) is 14.1. The van der Waals surface area contributed by atoms with Crippen molar-refractivity contribution in [3.8, 4) is 0 Å². The van der Waals surface area contributed by atoms with Crippen molar-refractivity contribution in [3.63, 3.8) is 0 Å². The fraction of sp³-hybridized carbons (Fsp3) is 0.739. The van der Waals surface area contributed by atoms with Gasteiger partial charge in [-0.25, -0.2) is 4.79 Å². The lowest BCUT2D eigenvalue weighted by molar-refractivity contribution is -0.928. The van der Waals surface area contributed by atoms with E-state index in [9.17, 15) is 9.59 Å². The Labute approximate surface area is 176 Å². The lowest BCUT2D eigenvalue weighted by Crippen LogP contribution is -3.14. The summed E-state index contributed by atoms with van der Waals surface area (Å²) in [6.45, 7) is 1.41. The lowest BCUT2D eigenvalue weighted by atomic mass is 9.53. The van der Waals surface area contributed by atoms with Gasteiger partial charge in [-0.2, -0.15) is 0 Å². The molecule has 0 radical (unpaired) electrons. The molecule has 1 aromatic heterocycles. The van der Waals surface area contributed by atoms with Crippen molar-refractivity contribution in [3.05, 3.63) is 21.9 Å². The average molecular weight is 415 g/mol. The predicted octanol–water partition coefficient (Wildman–Crippen LogP) is 2.43. The summed E-state index contributed by atoms with van der Waals surface area (Å²) >= 11 is 1.86. The van der Waals surface area contributed by atoms with Crippen LogP contribution in [-0.2, 0) is 11.2 Å². The van der Waals surface area contributed by atoms with Crippen LogP contribution in [-0.4, -0.2) is 30.6 Å². The van der Waals surface area contributed by atoms with Gasteiger partial charge in [0.15, 0.2) is 6.54 Å². The van der Waals surface area contributed by atoms with Crippen LogP contribution in [0.3, 0.4) is 0 Å². The van der Waals surface area contributed by atoms with Crippen molar-refractivity contribution in [2.75, 3.05) is 13.1 Å². The van der Waals surface area contributed by atoms with Crippen LogP contribution in [0.5, 0.6) is 0 Å². The molecule has 7 rings (SSSR count). The molecule has 1 unspecified atom stereocenters. The molecule has 5 nitrogen and oxygen atoms in total. The third-order valence-corrected chi connectivity index (χ3v) is 9.38. The van der Waals surface area contributed by atoms with E-state index in [0.717, 1.165) is 50.0 Å². The number of quaternary nitrogens is 1. The third-order valence-electron chi connectivity index (χ3n) is 8.38. The minimum atomic E-state index is -0.257. The predicted molar refractivity (Wildman–Crippen MR) is 112 cm³/mol. The highest BCUT2D eigenvalue weighted by atomic mass is 32.1. The second kappa shape index (κ2) is 6.81. The number of imide groups is 1. The molecule has 6 aliphatic rings. The van der Waals surface area contributed by atoms with E-state index in [-0.39, 0.29) is 17.5 Å². The van der Waals surface area contributed by atoms with Gasteiger partial charge in [0, 0.05) is 28.3 Å². The van der Waals surface area contributed by atoms with Crippen LogP contribution in [0, 0.1) is 23.7 Å². The normalized spacial score (nSPS) is 39.8. The lowest BCUT2D eigenvalue weighted by Gasteiger charge is -2.56. The first-order valence-corrected chi connectivity index (χ1v) is 12.5. The van der Waals surface area contributed by atoms with Crippen molar-refractivity contribution < 1.29 is 14.5 Å². The molecule has 1 aliphatic heterocycles. The Morgan fingerprint density at radius 3 is 2.45 bits per heavy atom. The molecule has 29 heavy (non-hydrogen) atoms. The van der Waals surface area contributed by atoms with Crippen molar-refractivity contribution in [2.24, 2.45) is 23.7 Å². The zero-order chi connectivity index (χ0) is 19.6. The molecule has 0 aromatic carbocycles. The van der Waals surface area contributed by atoms with Gasteiger partial charge in [0.1, 0.15) is 6.04 Å². The van der Waals surface area contributed by atoms with E-state index in [4.69, 9.17) is 0 Å². The molecule has 0 saturated heterocycles. The molecule has 6 heteroatoms. The molecule has 3 N–H and O–H groups in total. The maximum atomic E-state index is 12.8. The second-order valence-electron chi connectivity index (χ2n) is 10.6. The average Bonchev–Trinajstić information content (AvgIpc) is 3.35. The summed E-state index contributed by atoms with van der Waals surface area (Å²) in [6.07, 6.45) is 11.0. The number of carbonyl (C=O) groups is 2. The summed E-state index contributed by atoms with van der Waals surface area (Å²) < 4.78 is 0. The van der Waals surface area contributed by atoms with Gasteiger partial charge >= 0.3 is 6.03 Å². The number of urea groups is 1. The Morgan fingerprint density at radius 2 is 1.79 bits per heavy atom. The molecular weight excluding hydrogens is 382 g/mol. The van der Waals surface area contributed by atoms with Gasteiger partial charge in [-0.15, -0.1) is 11.3 Å². The number of hydrogen-bond acceptors (Lipinski definition) is 3. The molecule has 4 bridgehead atoms. The summed E-state index contributed by atoms with van der Waals surface area (Å²) in [6, 6.07) is 2.45. The highest BCUT2D eigenvalue weighted by Crippen LogP contribution is 2.55. The quantitative estimate of drug-likeness (QED) is 0.709.